The first-order chi connectivity index (χ1) is 14.2. The first-order valence-electron chi connectivity index (χ1n) is 8.47. The van der Waals surface area contributed by atoms with E-state index in [-0.39, 0.29) is 27.5 Å². The zero-order valence-electron chi connectivity index (χ0n) is 14.8. The van der Waals surface area contributed by atoms with E-state index in [2.05, 4.69) is 9.82 Å². The summed E-state index contributed by atoms with van der Waals surface area (Å²) in [4.78, 5) is 20.2. The van der Waals surface area contributed by atoms with Crippen molar-refractivity contribution in [3.05, 3.63) is 77.6 Å². The second-order valence-corrected chi connectivity index (χ2v) is 6.25. The van der Waals surface area contributed by atoms with Crippen LogP contribution >= 0.6 is 0 Å². The minimum Gasteiger partial charge on any atom is -0.456 e. The molecule has 2 heterocycles. The maximum atomic E-state index is 14.1. The van der Waals surface area contributed by atoms with E-state index in [9.17, 15) is 26.7 Å². The average Bonchev–Trinajstić information content (AvgIpc) is 3.10. The van der Waals surface area contributed by atoms with Gasteiger partial charge in [0.2, 0.25) is 0 Å². The molecule has 0 saturated heterocycles. The number of carbonyl (C=O) groups excluding carboxylic acids is 1. The number of benzene rings is 2. The van der Waals surface area contributed by atoms with Crippen LogP contribution in [0.3, 0.4) is 0 Å². The topological polar surface area (TPSA) is 64.4 Å². The molecule has 2 aromatic heterocycles. The van der Waals surface area contributed by atoms with Gasteiger partial charge in [0, 0.05) is 17.0 Å². The van der Waals surface area contributed by atoms with Crippen molar-refractivity contribution < 1.29 is 36.0 Å². The lowest BCUT2D eigenvalue weighted by atomic mass is 10.0. The van der Waals surface area contributed by atoms with Crippen molar-refractivity contribution in [1.29, 1.82) is 0 Å². The summed E-state index contributed by atoms with van der Waals surface area (Å²) in [5, 5.41) is 0.0583. The van der Waals surface area contributed by atoms with Gasteiger partial charge in [-0.05, 0) is 42.5 Å². The summed E-state index contributed by atoms with van der Waals surface area (Å²) in [5.41, 5.74) is 0.00376. The van der Waals surface area contributed by atoms with Gasteiger partial charge < -0.3 is 4.42 Å². The second-order valence-electron chi connectivity index (χ2n) is 6.25. The Bertz CT molecular complexity index is 1240. The monoisotopic (exact) mass is 422 g/mol. The lowest BCUT2D eigenvalue weighted by Gasteiger charge is -2.16. The predicted octanol–water partition coefficient (Wildman–Crippen LogP) is 5.41. The normalized spacial score (nSPS) is 12.4. The first-order valence-corrected chi connectivity index (χ1v) is 8.47. The van der Waals surface area contributed by atoms with Crippen LogP contribution in [0, 0.1) is 0 Å². The van der Waals surface area contributed by atoms with Gasteiger partial charge in [0.1, 0.15) is 16.9 Å². The van der Waals surface area contributed by atoms with Crippen LogP contribution in [0.4, 0.5) is 22.0 Å². The highest BCUT2D eigenvalue weighted by molar-refractivity contribution is 6.16. The molecular weight excluding hydrogens is 411 g/mol. The number of carbonyl (C=O) groups is 1. The fourth-order valence-electron chi connectivity index (χ4n) is 2.94. The van der Waals surface area contributed by atoms with Crippen molar-refractivity contribution >= 4 is 27.8 Å². The molecule has 2 aromatic carbocycles. The summed E-state index contributed by atoms with van der Waals surface area (Å²) >= 11 is 0. The standard InChI is InChI=1S/C20H11F5N2O3/c21-19(22,23)11-7-8-14-13(10-11)17-12(4-3-5-15(17)29-14)18(28)27-30-20(24,25)16-6-1-2-9-26-16/h1-10H,(H,27,28). The highest BCUT2D eigenvalue weighted by Crippen LogP contribution is 2.37. The average molecular weight is 422 g/mol. The number of furan rings is 1. The molecule has 0 aliphatic rings. The number of hydrogen-bond acceptors (Lipinski definition) is 4. The molecule has 0 aliphatic heterocycles. The summed E-state index contributed by atoms with van der Waals surface area (Å²) in [7, 11) is 0. The molecule has 154 valence electrons. The quantitative estimate of drug-likeness (QED) is 0.353. The molecule has 0 atom stereocenters. The lowest BCUT2D eigenvalue weighted by Crippen LogP contribution is -2.33. The number of rotatable bonds is 4. The number of amides is 1. The largest absolute Gasteiger partial charge is 0.456 e. The summed E-state index contributed by atoms with van der Waals surface area (Å²) in [6.45, 7) is 0. The van der Waals surface area contributed by atoms with Gasteiger partial charge in [-0.2, -0.15) is 26.8 Å². The number of nitrogens with zero attached hydrogens (tertiary/aromatic N) is 1. The van der Waals surface area contributed by atoms with E-state index in [1.807, 2.05) is 0 Å². The molecule has 4 aromatic rings. The Kier molecular flexibility index (Phi) is 4.65. The summed E-state index contributed by atoms with van der Waals surface area (Å²) in [6.07, 6.45) is -7.40. The summed E-state index contributed by atoms with van der Waals surface area (Å²) < 4.78 is 72.9. The van der Waals surface area contributed by atoms with Crippen molar-refractivity contribution in [3.63, 3.8) is 0 Å². The Hall–Kier alpha value is -3.53. The minimum atomic E-state index is -4.61. The molecule has 0 unspecified atom stereocenters. The molecule has 1 amide bonds. The molecular formula is C20H11F5N2O3. The zero-order chi connectivity index (χ0) is 21.5. The van der Waals surface area contributed by atoms with Crippen molar-refractivity contribution in [3.8, 4) is 0 Å². The molecule has 0 fully saturated rings. The Balaban J connectivity index is 1.70. The molecule has 0 aliphatic carbocycles. The van der Waals surface area contributed by atoms with Crippen LogP contribution in [-0.4, -0.2) is 10.9 Å². The molecule has 30 heavy (non-hydrogen) atoms. The van der Waals surface area contributed by atoms with Crippen molar-refractivity contribution in [2.24, 2.45) is 0 Å². The highest BCUT2D eigenvalue weighted by atomic mass is 19.4. The third kappa shape index (κ3) is 3.57. The third-order valence-corrected chi connectivity index (χ3v) is 4.30. The summed E-state index contributed by atoms with van der Waals surface area (Å²) in [5.74, 6) is -1.09. The van der Waals surface area contributed by atoms with Crippen LogP contribution in [0.25, 0.3) is 21.9 Å². The van der Waals surface area contributed by atoms with E-state index in [0.29, 0.717) is 0 Å². The van der Waals surface area contributed by atoms with Crippen LogP contribution in [0.15, 0.2) is 65.2 Å². The number of alkyl halides is 5. The number of halogens is 5. The molecule has 1 N–H and O–H groups in total. The second kappa shape index (κ2) is 7.06. The van der Waals surface area contributed by atoms with Crippen molar-refractivity contribution in [2.45, 2.75) is 12.3 Å². The van der Waals surface area contributed by atoms with Gasteiger partial charge in [0.15, 0.2) is 0 Å². The molecule has 0 saturated carbocycles. The maximum absolute atomic E-state index is 14.1. The van der Waals surface area contributed by atoms with Gasteiger partial charge in [-0.3, -0.25) is 9.78 Å². The van der Waals surface area contributed by atoms with Gasteiger partial charge in [0.05, 0.1) is 11.1 Å². The fraction of sp³-hybridized carbons (Fsp3) is 0.100. The predicted molar refractivity (Wildman–Crippen MR) is 95.4 cm³/mol. The van der Waals surface area contributed by atoms with E-state index in [4.69, 9.17) is 4.42 Å². The van der Waals surface area contributed by atoms with Gasteiger partial charge in [0.25, 0.3) is 5.91 Å². The molecule has 5 nitrogen and oxygen atoms in total. The van der Waals surface area contributed by atoms with E-state index < -0.39 is 29.4 Å². The minimum absolute atomic E-state index is 0.0158. The van der Waals surface area contributed by atoms with Crippen LogP contribution in [0.1, 0.15) is 21.6 Å². The first kappa shape index (κ1) is 19.8. The number of nitrogens with one attached hydrogen (secondary N) is 1. The van der Waals surface area contributed by atoms with E-state index in [1.165, 1.54) is 30.3 Å². The smallest absolute Gasteiger partial charge is 0.419 e. The van der Waals surface area contributed by atoms with Crippen LogP contribution in [-0.2, 0) is 17.1 Å². The maximum Gasteiger partial charge on any atom is 0.419 e. The number of hydrogen-bond donors (Lipinski definition) is 1. The number of aromatic nitrogens is 1. The third-order valence-electron chi connectivity index (χ3n) is 4.30. The van der Waals surface area contributed by atoms with Gasteiger partial charge in [-0.1, -0.05) is 12.1 Å². The Labute approximate surface area is 165 Å². The number of pyridine rings is 1. The molecule has 0 bridgehead atoms. The van der Waals surface area contributed by atoms with E-state index >= 15 is 0 Å². The number of fused-ring (bicyclic) bond motifs is 3. The lowest BCUT2D eigenvalue weighted by molar-refractivity contribution is -0.275. The molecule has 4 rings (SSSR count). The number of hydroxylamine groups is 1. The SMILES string of the molecule is O=C(NOC(F)(F)c1ccccn1)c1cccc2oc3ccc(C(F)(F)F)cc3c12. The van der Waals surface area contributed by atoms with Crippen molar-refractivity contribution in [2.75, 3.05) is 0 Å². The molecule has 0 spiro atoms. The summed E-state index contributed by atoms with van der Waals surface area (Å²) in [6, 6.07) is 10.7. The van der Waals surface area contributed by atoms with Crippen LogP contribution < -0.4 is 5.48 Å². The Morgan fingerprint density at radius 1 is 0.967 bits per heavy atom. The van der Waals surface area contributed by atoms with Gasteiger partial charge in [-0.15, -0.1) is 0 Å². The van der Waals surface area contributed by atoms with Crippen LogP contribution in [0.2, 0.25) is 0 Å². The van der Waals surface area contributed by atoms with Gasteiger partial charge in [-0.25, -0.2) is 5.48 Å². The zero-order valence-corrected chi connectivity index (χ0v) is 14.8. The van der Waals surface area contributed by atoms with Crippen molar-refractivity contribution in [1.82, 2.24) is 10.5 Å². The molecule has 0 radical (unpaired) electrons. The van der Waals surface area contributed by atoms with Crippen LogP contribution in [0.5, 0.6) is 0 Å². The highest BCUT2D eigenvalue weighted by Gasteiger charge is 2.36. The van der Waals surface area contributed by atoms with Gasteiger partial charge >= 0.3 is 12.3 Å². The Morgan fingerprint density at radius 2 is 1.77 bits per heavy atom. The van der Waals surface area contributed by atoms with E-state index in [1.54, 1.807) is 5.48 Å². The Morgan fingerprint density at radius 3 is 2.47 bits per heavy atom. The molecule has 10 heteroatoms. The fourth-order valence-corrected chi connectivity index (χ4v) is 2.94. The van der Waals surface area contributed by atoms with E-state index in [0.717, 1.165) is 30.5 Å².